The number of rotatable bonds is 6. The molecule has 2 saturated heterocycles. The quantitative estimate of drug-likeness (QED) is 0.518. The highest BCUT2D eigenvalue weighted by Gasteiger charge is 2.30. The van der Waals surface area contributed by atoms with Crippen molar-refractivity contribution in [2.24, 2.45) is 0 Å². The largest absolute Gasteiger partial charge is 0.338 e. The van der Waals surface area contributed by atoms with Crippen molar-refractivity contribution in [3.8, 4) is 0 Å². The van der Waals surface area contributed by atoms with Gasteiger partial charge in [-0.25, -0.2) is 9.97 Å². The van der Waals surface area contributed by atoms with Gasteiger partial charge in [-0.2, -0.15) is 0 Å². The summed E-state index contributed by atoms with van der Waals surface area (Å²) in [7, 11) is 0. The fraction of sp³-hybridized carbons (Fsp3) is 0.667. The molecule has 7 heteroatoms. The Balaban J connectivity index is 1.33. The second-order valence-electron chi connectivity index (χ2n) is 7.99. The lowest BCUT2D eigenvalue weighted by atomic mass is 10.1. The number of nitrogens with zero attached hydrogens (tertiary/aromatic N) is 4. The molecule has 0 saturated carbocycles. The van der Waals surface area contributed by atoms with Crippen molar-refractivity contribution in [2.45, 2.75) is 63.4 Å². The fourth-order valence-corrected chi connectivity index (χ4v) is 6.48. The zero-order valence-corrected chi connectivity index (χ0v) is 18.6. The van der Waals surface area contributed by atoms with Gasteiger partial charge >= 0.3 is 0 Å². The molecule has 0 bridgehead atoms. The average Bonchev–Trinajstić information content (AvgIpc) is 3.27. The molecule has 4 heterocycles. The van der Waals surface area contributed by atoms with E-state index in [0.29, 0.717) is 18.4 Å². The van der Waals surface area contributed by atoms with E-state index in [4.69, 9.17) is 0 Å². The van der Waals surface area contributed by atoms with Crippen molar-refractivity contribution in [3.63, 3.8) is 0 Å². The Labute approximate surface area is 175 Å². The molecule has 0 radical (unpaired) electrons. The number of piperidine rings is 1. The monoisotopic (exact) mass is 418 g/mol. The van der Waals surface area contributed by atoms with Crippen molar-refractivity contribution in [1.29, 1.82) is 0 Å². The fourth-order valence-electron chi connectivity index (χ4n) is 4.43. The van der Waals surface area contributed by atoms with Crippen LogP contribution in [0.3, 0.4) is 0 Å². The Morgan fingerprint density at radius 2 is 2.00 bits per heavy atom. The topological polar surface area (TPSA) is 49.3 Å². The van der Waals surface area contributed by atoms with Gasteiger partial charge in [-0.1, -0.05) is 6.42 Å². The van der Waals surface area contributed by atoms with Gasteiger partial charge in [-0.05, 0) is 58.2 Å². The second-order valence-corrected chi connectivity index (χ2v) is 10.3. The van der Waals surface area contributed by atoms with E-state index < -0.39 is 0 Å². The van der Waals surface area contributed by atoms with Crippen molar-refractivity contribution in [1.82, 2.24) is 19.8 Å². The molecule has 2 aliphatic rings. The molecule has 0 aromatic carbocycles. The number of hydrogen-bond acceptors (Lipinski definition) is 6. The van der Waals surface area contributed by atoms with Crippen LogP contribution < -0.4 is 0 Å². The SMILES string of the molecule is Cc1sc2ncnc(SCCC(=O)N3CCCC3CN3CCCCC3)c2c1C. The molecule has 0 N–H and O–H groups in total. The van der Waals surface area contributed by atoms with Gasteiger partial charge in [0.15, 0.2) is 0 Å². The summed E-state index contributed by atoms with van der Waals surface area (Å²) in [6.07, 6.45) is 8.54. The van der Waals surface area contributed by atoms with Gasteiger partial charge in [0, 0.05) is 41.6 Å². The highest BCUT2D eigenvalue weighted by atomic mass is 32.2. The third kappa shape index (κ3) is 4.36. The number of thioether (sulfide) groups is 1. The summed E-state index contributed by atoms with van der Waals surface area (Å²) >= 11 is 3.42. The number of hydrogen-bond donors (Lipinski definition) is 0. The second kappa shape index (κ2) is 9.09. The number of aromatic nitrogens is 2. The molecule has 1 amide bonds. The number of aryl methyl sites for hydroxylation is 2. The summed E-state index contributed by atoms with van der Waals surface area (Å²) in [6.45, 7) is 8.69. The Morgan fingerprint density at radius 1 is 1.18 bits per heavy atom. The summed E-state index contributed by atoms with van der Waals surface area (Å²) < 4.78 is 0. The van der Waals surface area contributed by atoms with E-state index in [1.807, 2.05) is 0 Å². The van der Waals surface area contributed by atoms with Crippen molar-refractivity contribution >= 4 is 39.2 Å². The first kappa shape index (κ1) is 20.1. The molecule has 0 aliphatic carbocycles. The van der Waals surface area contributed by atoms with E-state index in [2.05, 4.69) is 33.6 Å². The zero-order valence-electron chi connectivity index (χ0n) is 16.9. The molecule has 2 aromatic heterocycles. The molecule has 5 nitrogen and oxygen atoms in total. The molecular formula is C21H30N4OS2. The number of likely N-dealkylation sites (tertiary alicyclic amines) is 2. The van der Waals surface area contributed by atoms with Gasteiger partial charge in [0.05, 0.1) is 0 Å². The molecule has 0 spiro atoms. The van der Waals surface area contributed by atoms with Crippen LogP contribution >= 0.6 is 23.1 Å². The molecule has 2 aliphatic heterocycles. The van der Waals surface area contributed by atoms with E-state index in [1.165, 1.54) is 48.2 Å². The number of carbonyl (C=O) groups excluding carboxylic acids is 1. The molecule has 4 rings (SSSR count). The summed E-state index contributed by atoms with van der Waals surface area (Å²) in [5, 5.41) is 2.19. The van der Waals surface area contributed by atoms with Crippen molar-refractivity contribution in [3.05, 3.63) is 16.8 Å². The van der Waals surface area contributed by atoms with E-state index in [9.17, 15) is 4.79 Å². The van der Waals surface area contributed by atoms with E-state index >= 15 is 0 Å². The Kier molecular flexibility index (Phi) is 6.53. The molecule has 1 atom stereocenters. The maximum Gasteiger partial charge on any atom is 0.223 e. The lowest BCUT2D eigenvalue weighted by molar-refractivity contribution is -0.131. The predicted octanol–water partition coefficient (Wildman–Crippen LogP) is 4.27. The summed E-state index contributed by atoms with van der Waals surface area (Å²) in [6, 6.07) is 0.420. The third-order valence-electron chi connectivity index (χ3n) is 6.10. The molecular weight excluding hydrogens is 388 g/mol. The standard InChI is InChI=1S/C21H30N4OS2/c1-15-16(2)28-21-19(15)20(22-14-23-21)27-12-8-18(26)25-11-6-7-17(25)13-24-9-4-3-5-10-24/h14,17H,3-13H2,1-2H3. The third-order valence-corrected chi connectivity index (χ3v) is 8.21. The van der Waals surface area contributed by atoms with Gasteiger partial charge in [-0.15, -0.1) is 23.1 Å². The van der Waals surface area contributed by atoms with Gasteiger partial charge in [-0.3, -0.25) is 4.79 Å². The Hall–Kier alpha value is -1.18. The van der Waals surface area contributed by atoms with Crippen LogP contribution in [0.2, 0.25) is 0 Å². The molecule has 2 aromatic rings. The van der Waals surface area contributed by atoms with E-state index in [-0.39, 0.29) is 0 Å². The predicted molar refractivity (Wildman–Crippen MR) is 117 cm³/mol. The van der Waals surface area contributed by atoms with E-state index in [0.717, 1.165) is 41.5 Å². The maximum atomic E-state index is 12.9. The van der Waals surface area contributed by atoms with Crippen LogP contribution in [0, 0.1) is 13.8 Å². The summed E-state index contributed by atoms with van der Waals surface area (Å²) in [5.41, 5.74) is 1.27. The van der Waals surface area contributed by atoms with Crippen LogP contribution in [0.1, 0.15) is 49.0 Å². The minimum atomic E-state index is 0.315. The zero-order chi connectivity index (χ0) is 19.5. The number of thiophene rings is 1. The Morgan fingerprint density at radius 3 is 2.82 bits per heavy atom. The molecule has 2 fully saturated rings. The lowest BCUT2D eigenvalue weighted by Gasteiger charge is -2.33. The van der Waals surface area contributed by atoms with Crippen LogP contribution in [-0.2, 0) is 4.79 Å². The van der Waals surface area contributed by atoms with Crippen LogP contribution in [0.15, 0.2) is 11.4 Å². The molecule has 1 unspecified atom stereocenters. The maximum absolute atomic E-state index is 12.9. The number of fused-ring (bicyclic) bond motifs is 1. The van der Waals surface area contributed by atoms with Crippen LogP contribution in [-0.4, -0.2) is 63.6 Å². The lowest BCUT2D eigenvalue weighted by Crippen LogP contribution is -2.44. The normalized spacial score (nSPS) is 20.9. The van der Waals surface area contributed by atoms with Crippen molar-refractivity contribution < 1.29 is 4.79 Å². The number of amides is 1. The highest BCUT2D eigenvalue weighted by Crippen LogP contribution is 2.34. The first-order valence-corrected chi connectivity index (χ1v) is 12.3. The first-order valence-electron chi connectivity index (χ1n) is 10.5. The number of carbonyl (C=O) groups is 1. The minimum Gasteiger partial charge on any atom is -0.338 e. The average molecular weight is 419 g/mol. The molecule has 28 heavy (non-hydrogen) atoms. The molecule has 152 valence electrons. The van der Waals surface area contributed by atoms with Gasteiger partial charge in [0.2, 0.25) is 5.91 Å². The van der Waals surface area contributed by atoms with Crippen molar-refractivity contribution in [2.75, 3.05) is 31.9 Å². The van der Waals surface area contributed by atoms with E-state index in [1.54, 1.807) is 29.4 Å². The summed E-state index contributed by atoms with van der Waals surface area (Å²) in [4.78, 5) is 28.9. The van der Waals surface area contributed by atoms with Gasteiger partial charge < -0.3 is 9.80 Å². The first-order chi connectivity index (χ1) is 13.6. The van der Waals surface area contributed by atoms with Crippen LogP contribution in [0.4, 0.5) is 0 Å². The highest BCUT2D eigenvalue weighted by molar-refractivity contribution is 7.99. The minimum absolute atomic E-state index is 0.315. The smallest absolute Gasteiger partial charge is 0.223 e. The van der Waals surface area contributed by atoms with Gasteiger partial charge in [0.25, 0.3) is 0 Å². The van der Waals surface area contributed by atoms with Crippen LogP contribution in [0.25, 0.3) is 10.2 Å². The summed E-state index contributed by atoms with van der Waals surface area (Å²) in [5.74, 6) is 1.10. The van der Waals surface area contributed by atoms with Gasteiger partial charge in [0.1, 0.15) is 16.2 Å². The Bertz CT molecular complexity index is 831. The van der Waals surface area contributed by atoms with Crippen LogP contribution in [0.5, 0.6) is 0 Å².